The van der Waals surface area contributed by atoms with Gasteiger partial charge in [0.1, 0.15) is 0 Å². The molecule has 0 aliphatic rings. The molecular formula is C15H22N2O3. The fraction of sp³-hybridized carbons (Fsp3) is 0.467. The number of amides is 2. The molecule has 1 aromatic rings. The summed E-state index contributed by atoms with van der Waals surface area (Å²) in [5, 5.41) is 5.30. The van der Waals surface area contributed by atoms with Crippen LogP contribution in [-0.2, 0) is 16.0 Å². The molecule has 0 radical (unpaired) electrons. The monoisotopic (exact) mass is 278 g/mol. The maximum atomic E-state index is 11.6. The molecule has 0 saturated carbocycles. The molecule has 0 spiro atoms. The minimum atomic E-state index is -0.457. The first-order valence-electron chi connectivity index (χ1n) is 6.84. The molecule has 5 heteroatoms. The lowest BCUT2D eigenvalue weighted by Gasteiger charge is -2.07. The minimum absolute atomic E-state index is 0.0174. The zero-order chi connectivity index (χ0) is 14.8. The van der Waals surface area contributed by atoms with Gasteiger partial charge in [-0.3, -0.25) is 4.79 Å². The summed E-state index contributed by atoms with van der Waals surface area (Å²) >= 11 is 0. The van der Waals surface area contributed by atoms with E-state index in [0.29, 0.717) is 26.1 Å². The third kappa shape index (κ3) is 6.78. The van der Waals surface area contributed by atoms with Crippen LogP contribution < -0.4 is 10.6 Å². The maximum Gasteiger partial charge on any atom is 0.407 e. The Labute approximate surface area is 119 Å². The highest BCUT2D eigenvalue weighted by molar-refractivity contribution is 5.76. The number of hydrogen-bond acceptors (Lipinski definition) is 3. The Bertz CT molecular complexity index is 429. The second kappa shape index (κ2) is 8.96. The average molecular weight is 278 g/mol. The standard InChI is InChI=1S/C15H22N2O3/c1-3-20-15(19)17-11-10-16-14(18)9-8-13-6-4-12(2)5-7-13/h4-7H,3,8-11H2,1-2H3,(H,16,18)(H,17,19). The third-order valence-electron chi connectivity index (χ3n) is 2.75. The number of carbonyl (C=O) groups excluding carboxylic acids is 2. The van der Waals surface area contributed by atoms with Crippen LogP contribution in [-0.4, -0.2) is 31.7 Å². The fourth-order valence-electron chi connectivity index (χ4n) is 1.65. The van der Waals surface area contributed by atoms with Gasteiger partial charge in [0.25, 0.3) is 0 Å². The number of rotatable bonds is 7. The molecule has 20 heavy (non-hydrogen) atoms. The molecule has 0 saturated heterocycles. The van der Waals surface area contributed by atoms with Crippen molar-refractivity contribution < 1.29 is 14.3 Å². The van der Waals surface area contributed by atoms with Gasteiger partial charge in [-0.05, 0) is 25.8 Å². The number of ether oxygens (including phenoxy) is 1. The predicted molar refractivity (Wildman–Crippen MR) is 77.5 cm³/mol. The lowest BCUT2D eigenvalue weighted by Crippen LogP contribution is -2.35. The van der Waals surface area contributed by atoms with Crippen molar-refractivity contribution in [1.29, 1.82) is 0 Å². The number of nitrogens with one attached hydrogen (secondary N) is 2. The van der Waals surface area contributed by atoms with Gasteiger partial charge in [-0.1, -0.05) is 29.8 Å². The molecule has 1 aromatic carbocycles. The zero-order valence-electron chi connectivity index (χ0n) is 12.1. The Balaban J connectivity index is 2.11. The Morgan fingerprint density at radius 1 is 1.10 bits per heavy atom. The molecule has 2 amide bonds. The van der Waals surface area contributed by atoms with E-state index in [1.54, 1.807) is 6.92 Å². The highest BCUT2D eigenvalue weighted by Crippen LogP contribution is 2.05. The smallest absolute Gasteiger partial charge is 0.407 e. The summed E-state index contributed by atoms with van der Waals surface area (Å²) in [6.45, 7) is 4.90. The summed E-state index contributed by atoms with van der Waals surface area (Å²) in [7, 11) is 0. The van der Waals surface area contributed by atoms with E-state index in [4.69, 9.17) is 4.74 Å². The van der Waals surface area contributed by atoms with Crippen molar-refractivity contribution in [2.24, 2.45) is 0 Å². The Morgan fingerprint density at radius 3 is 2.40 bits per heavy atom. The van der Waals surface area contributed by atoms with E-state index >= 15 is 0 Å². The largest absolute Gasteiger partial charge is 0.450 e. The molecule has 0 aliphatic heterocycles. The van der Waals surface area contributed by atoms with Crippen LogP contribution >= 0.6 is 0 Å². The fourth-order valence-corrected chi connectivity index (χ4v) is 1.65. The van der Waals surface area contributed by atoms with Crippen LogP contribution in [0.4, 0.5) is 4.79 Å². The van der Waals surface area contributed by atoms with Gasteiger partial charge in [0, 0.05) is 19.5 Å². The van der Waals surface area contributed by atoms with E-state index in [9.17, 15) is 9.59 Å². The molecule has 110 valence electrons. The second-order valence-corrected chi connectivity index (χ2v) is 4.48. The van der Waals surface area contributed by atoms with Crippen LogP contribution in [0.2, 0.25) is 0 Å². The van der Waals surface area contributed by atoms with E-state index in [1.165, 1.54) is 5.56 Å². The molecule has 0 aromatic heterocycles. The van der Waals surface area contributed by atoms with Crippen LogP contribution in [0.15, 0.2) is 24.3 Å². The quantitative estimate of drug-likeness (QED) is 0.747. The van der Waals surface area contributed by atoms with Crippen LogP contribution in [0.1, 0.15) is 24.5 Å². The van der Waals surface area contributed by atoms with Gasteiger partial charge in [-0.2, -0.15) is 0 Å². The molecule has 0 bridgehead atoms. The molecule has 2 N–H and O–H groups in total. The first-order chi connectivity index (χ1) is 9.61. The van der Waals surface area contributed by atoms with Gasteiger partial charge < -0.3 is 15.4 Å². The van der Waals surface area contributed by atoms with E-state index in [-0.39, 0.29) is 5.91 Å². The van der Waals surface area contributed by atoms with E-state index < -0.39 is 6.09 Å². The Kier molecular flexibility index (Phi) is 7.17. The first-order valence-corrected chi connectivity index (χ1v) is 6.84. The van der Waals surface area contributed by atoms with E-state index in [0.717, 1.165) is 12.0 Å². The summed E-state index contributed by atoms with van der Waals surface area (Å²) in [6.07, 6.45) is 0.710. The SMILES string of the molecule is CCOC(=O)NCCNC(=O)CCc1ccc(C)cc1. The van der Waals surface area contributed by atoms with Crippen molar-refractivity contribution in [2.45, 2.75) is 26.7 Å². The van der Waals surface area contributed by atoms with Crippen molar-refractivity contribution >= 4 is 12.0 Å². The van der Waals surface area contributed by atoms with Crippen LogP contribution in [0.5, 0.6) is 0 Å². The molecule has 1 rings (SSSR count). The minimum Gasteiger partial charge on any atom is -0.450 e. The lowest BCUT2D eigenvalue weighted by molar-refractivity contribution is -0.121. The summed E-state index contributed by atoms with van der Waals surface area (Å²) in [5.41, 5.74) is 2.36. The molecule has 5 nitrogen and oxygen atoms in total. The number of benzene rings is 1. The predicted octanol–water partition coefficient (Wildman–Crippen LogP) is 1.79. The highest BCUT2D eigenvalue weighted by Gasteiger charge is 2.03. The molecule has 0 aliphatic carbocycles. The summed E-state index contributed by atoms with van der Waals surface area (Å²) in [5.74, 6) is -0.0174. The highest BCUT2D eigenvalue weighted by atomic mass is 16.5. The third-order valence-corrected chi connectivity index (χ3v) is 2.75. The zero-order valence-corrected chi connectivity index (χ0v) is 12.1. The van der Waals surface area contributed by atoms with Crippen molar-refractivity contribution in [2.75, 3.05) is 19.7 Å². The Hall–Kier alpha value is -2.04. The van der Waals surface area contributed by atoms with E-state index in [2.05, 4.69) is 10.6 Å². The van der Waals surface area contributed by atoms with Gasteiger partial charge in [0.05, 0.1) is 6.61 Å². The first kappa shape index (κ1) is 16.0. The van der Waals surface area contributed by atoms with Crippen molar-refractivity contribution in [3.05, 3.63) is 35.4 Å². The normalized spacial score (nSPS) is 9.90. The van der Waals surface area contributed by atoms with Crippen LogP contribution in [0, 0.1) is 6.92 Å². The molecule has 0 atom stereocenters. The average Bonchev–Trinajstić information content (AvgIpc) is 2.43. The van der Waals surface area contributed by atoms with Crippen molar-refractivity contribution in [3.8, 4) is 0 Å². The van der Waals surface area contributed by atoms with Gasteiger partial charge in [-0.25, -0.2) is 4.79 Å². The summed E-state index contributed by atoms with van der Waals surface area (Å²) in [4.78, 5) is 22.6. The van der Waals surface area contributed by atoms with Crippen molar-refractivity contribution in [3.63, 3.8) is 0 Å². The van der Waals surface area contributed by atoms with Crippen LogP contribution in [0.3, 0.4) is 0 Å². The van der Waals surface area contributed by atoms with Gasteiger partial charge in [-0.15, -0.1) is 0 Å². The van der Waals surface area contributed by atoms with Crippen LogP contribution in [0.25, 0.3) is 0 Å². The van der Waals surface area contributed by atoms with Gasteiger partial charge in [0.15, 0.2) is 0 Å². The maximum absolute atomic E-state index is 11.6. The number of hydrogen-bond donors (Lipinski definition) is 2. The van der Waals surface area contributed by atoms with Crippen molar-refractivity contribution in [1.82, 2.24) is 10.6 Å². The second-order valence-electron chi connectivity index (χ2n) is 4.48. The lowest BCUT2D eigenvalue weighted by atomic mass is 10.1. The van der Waals surface area contributed by atoms with E-state index in [1.807, 2.05) is 31.2 Å². The molecule has 0 unspecified atom stereocenters. The Morgan fingerprint density at radius 2 is 1.75 bits per heavy atom. The van der Waals surface area contributed by atoms with Gasteiger partial charge in [0.2, 0.25) is 5.91 Å². The number of alkyl carbamates (subject to hydrolysis) is 1. The molecule has 0 heterocycles. The molecular weight excluding hydrogens is 256 g/mol. The van der Waals surface area contributed by atoms with Gasteiger partial charge >= 0.3 is 6.09 Å². The number of carbonyl (C=O) groups is 2. The topological polar surface area (TPSA) is 67.4 Å². The molecule has 0 fully saturated rings. The number of aryl methyl sites for hydroxylation is 2. The summed E-state index contributed by atoms with van der Waals surface area (Å²) < 4.78 is 4.70. The summed E-state index contributed by atoms with van der Waals surface area (Å²) in [6, 6.07) is 8.14.